The van der Waals surface area contributed by atoms with E-state index in [1.54, 1.807) is 12.1 Å². The minimum Gasteiger partial charge on any atom is -0.493 e. The molecule has 3 aromatic rings. The van der Waals surface area contributed by atoms with E-state index in [0.717, 1.165) is 28.6 Å². The average Bonchev–Trinajstić information content (AvgIpc) is 2.68. The van der Waals surface area contributed by atoms with Gasteiger partial charge in [-0.15, -0.1) is 0 Å². The van der Waals surface area contributed by atoms with Crippen LogP contribution in [0.5, 0.6) is 5.88 Å². The van der Waals surface area contributed by atoms with Gasteiger partial charge in [-0.25, -0.2) is 0 Å². The van der Waals surface area contributed by atoms with E-state index in [1.807, 2.05) is 50.2 Å². The van der Waals surface area contributed by atoms with Crippen molar-refractivity contribution in [2.75, 3.05) is 11.1 Å². The Bertz CT molecular complexity index is 1060. The fourth-order valence-electron chi connectivity index (χ4n) is 2.79. The predicted molar refractivity (Wildman–Crippen MR) is 112 cm³/mol. The first kappa shape index (κ1) is 19.7. The van der Waals surface area contributed by atoms with Gasteiger partial charge in [0.15, 0.2) is 5.16 Å². The first-order valence-electron chi connectivity index (χ1n) is 8.75. The molecule has 0 fully saturated rings. The fourth-order valence-corrected chi connectivity index (χ4v) is 3.59. The average molecular weight is 395 g/mol. The number of thioether (sulfide) groups is 1. The van der Waals surface area contributed by atoms with Crippen LogP contribution in [0.2, 0.25) is 0 Å². The number of amides is 1. The van der Waals surface area contributed by atoms with Gasteiger partial charge in [0.1, 0.15) is 0 Å². The number of benzene rings is 2. The van der Waals surface area contributed by atoms with Crippen molar-refractivity contribution in [3.8, 4) is 11.6 Å². The zero-order chi connectivity index (χ0) is 20.3. The largest absolute Gasteiger partial charge is 0.493 e. The number of carbonyl (C=O) groups is 1. The summed E-state index contributed by atoms with van der Waals surface area (Å²) in [6.07, 6.45) is 0. The Hall–Kier alpha value is -3.06. The van der Waals surface area contributed by atoms with Crippen LogP contribution >= 0.6 is 11.8 Å². The Labute approximate surface area is 167 Å². The molecular formula is C21H21N3O3S. The summed E-state index contributed by atoms with van der Waals surface area (Å²) in [6.45, 7) is 5.39. The molecule has 0 bridgehead atoms. The van der Waals surface area contributed by atoms with Gasteiger partial charge in [-0.1, -0.05) is 48.2 Å². The minimum absolute atomic E-state index is 0.0511. The lowest BCUT2D eigenvalue weighted by molar-refractivity contribution is -0.113. The zero-order valence-electron chi connectivity index (χ0n) is 15.9. The number of rotatable bonds is 5. The molecule has 0 aliphatic heterocycles. The molecule has 0 atom stereocenters. The number of aromatic nitrogens is 2. The Morgan fingerprint density at radius 3 is 2.36 bits per heavy atom. The Kier molecular flexibility index (Phi) is 5.84. The quantitative estimate of drug-likeness (QED) is 0.509. The molecule has 2 aromatic carbocycles. The predicted octanol–water partition coefficient (Wildman–Crippen LogP) is 3.59. The molecule has 0 saturated carbocycles. The van der Waals surface area contributed by atoms with Crippen LogP contribution in [0.3, 0.4) is 0 Å². The van der Waals surface area contributed by atoms with Crippen LogP contribution in [0.4, 0.5) is 5.69 Å². The molecule has 1 amide bonds. The van der Waals surface area contributed by atoms with Gasteiger partial charge in [0.25, 0.3) is 5.56 Å². The molecule has 6 nitrogen and oxygen atoms in total. The summed E-state index contributed by atoms with van der Waals surface area (Å²) in [5, 5.41) is 13.2. The van der Waals surface area contributed by atoms with Crippen LogP contribution in [0.15, 0.2) is 58.5 Å². The SMILES string of the molecule is Cc1cccc(C)c1NC(=O)CSc1nc(O)c(C)c(=O)n1-c1ccccc1. The molecule has 0 spiro atoms. The Balaban J connectivity index is 1.86. The topological polar surface area (TPSA) is 84.2 Å². The molecule has 0 unspecified atom stereocenters. The molecule has 28 heavy (non-hydrogen) atoms. The monoisotopic (exact) mass is 395 g/mol. The summed E-state index contributed by atoms with van der Waals surface area (Å²) < 4.78 is 1.41. The maximum Gasteiger partial charge on any atom is 0.265 e. The van der Waals surface area contributed by atoms with Gasteiger partial charge < -0.3 is 10.4 Å². The van der Waals surface area contributed by atoms with Gasteiger partial charge in [-0.05, 0) is 44.0 Å². The van der Waals surface area contributed by atoms with Crippen molar-refractivity contribution in [2.24, 2.45) is 0 Å². The van der Waals surface area contributed by atoms with E-state index >= 15 is 0 Å². The second-order valence-electron chi connectivity index (χ2n) is 6.42. The number of aryl methyl sites for hydroxylation is 2. The molecule has 0 saturated heterocycles. The number of hydrogen-bond acceptors (Lipinski definition) is 5. The summed E-state index contributed by atoms with van der Waals surface area (Å²) in [4.78, 5) is 29.3. The maximum absolute atomic E-state index is 12.7. The van der Waals surface area contributed by atoms with Crippen LogP contribution in [0, 0.1) is 20.8 Å². The van der Waals surface area contributed by atoms with Gasteiger partial charge in [0.2, 0.25) is 11.8 Å². The first-order chi connectivity index (χ1) is 13.4. The van der Waals surface area contributed by atoms with Gasteiger partial charge >= 0.3 is 0 Å². The molecule has 0 aliphatic carbocycles. The number of aromatic hydroxyl groups is 1. The lowest BCUT2D eigenvalue weighted by Gasteiger charge is -2.14. The summed E-state index contributed by atoms with van der Waals surface area (Å²) in [7, 11) is 0. The molecular weight excluding hydrogens is 374 g/mol. The standard InChI is InChI=1S/C21H21N3O3S/c1-13-8-7-9-14(2)18(13)22-17(25)12-28-21-23-19(26)15(3)20(27)24(21)16-10-5-4-6-11-16/h4-11,26H,12H2,1-3H3,(H,22,25). The molecule has 0 radical (unpaired) electrons. The zero-order valence-corrected chi connectivity index (χ0v) is 16.7. The first-order valence-corrected chi connectivity index (χ1v) is 9.74. The summed E-state index contributed by atoms with van der Waals surface area (Å²) in [5.74, 6) is -0.485. The summed E-state index contributed by atoms with van der Waals surface area (Å²) in [5.41, 5.74) is 3.16. The lowest BCUT2D eigenvalue weighted by atomic mass is 10.1. The Morgan fingerprint density at radius 1 is 1.07 bits per heavy atom. The van der Waals surface area contributed by atoms with Crippen LogP contribution in [-0.4, -0.2) is 26.3 Å². The number of carbonyl (C=O) groups excluding carboxylic acids is 1. The molecule has 7 heteroatoms. The van der Waals surface area contributed by atoms with Crippen molar-refractivity contribution >= 4 is 23.4 Å². The Morgan fingerprint density at radius 2 is 1.71 bits per heavy atom. The fraction of sp³-hybridized carbons (Fsp3) is 0.190. The second-order valence-corrected chi connectivity index (χ2v) is 7.37. The third-order valence-corrected chi connectivity index (χ3v) is 5.28. The third kappa shape index (κ3) is 4.09. The number of para-hydroxylation sites is 2. The van der Waals surface area contributed by atoms with Crippen molar-refractivity contribution in [1.29, 1.82) is 0 Å². The lowest BCUT2D eigenvalue weighted by Crippen LogP contribution is -2.24. The smallest absolute Gasteiger partial charge is 0.265 e. The van der Waals surface area contributed by atoms with Crippen LogP contribution < -0.4 is 10.9 Å². The molecule has 1 heterocycles. The number of nitrogens with zero attached hydrogens (tertiary/aromatic N) is 2. The van der Waals surface area contributed by atoms with Gasteiger partial charge in [-0.2, -0.15) is 4.98 Å². The second kappa shape index (κ2) is 8.31. The molecule has 3 rings (SSSR count). The number of nitrogens with one attached hydrogen (secondary N) is 1. The van der Waals surface area contributed by atoms with E-state index in [2.05, 4.69) is 10.3 Å². The molecule has 2 N–H and O–H groups in total. The van der Waals surface area contributed by atoms with Crippen molar-refractivity contribution in [1.82, 2.24) is 9.55 Å². The van der Waals surface area contributed by atoms with E-state index in [0.29, 0.717) is 5.69 Å². The molecule has 144 valence electrons. The highest BCUT2D eigenvalue weighted by Crippen LogP contribution is 2.24. The summed E-state index contributed by atoms with van der Waals surface area (Å²) >= 11 is 1.10. The summed E-state index contributed by atoms with van der Waals surface area (Å²) in [6, 6.07) is 14.8. The van der Waals surface area contributed by atoms with E-state index in [1.165, 1.54) is 11.5 Å². The number of anilines is 1. The van der Waals surface area contributed by atoms with Gasteiger partial charge in [0.05, 0.1) is 17.0 Å². The van der Waals surface area contributed by atoms with Crippen molar-refractivity contribution in [3.05, 3.63) is 75.6 Å². The van der Waals surface area contributed by atoms with Crippen molar-refractivity contribution in [2.45, 2.75) is 25.9 Å². The minimum atomic E-state index is -0.364. The van der Waals surface area contributed by atoms with Crippen molar-refractivity contribution < 1.29 is 9.90 Å². The highest BCUT2D eigenvalue weighted by Gasteiger charge is 2.17. The van der Waals surface area contributed by atoms with Crippen LogP contribution in [0.1, 0.15) is 16.7 Å². The van der Waals surface area contributed by atoms with Crippen LogP contribution in [-0.2, 0) is 4.79 Å². The molecule has 0 aliphatic rings. The van der Waals surface area contributed by atoms with E-state index in [4.69, 9.17) is 0 Å². The number of hydrogen-bond donors (Lipinski definition) is 2. The third-order valence-electron chi connectivity index (χ3n) is 4.34. The normalized spacial score (nSPS) is 10.7. The van der Waals surface area contributed by atoms with E-state index in [9.17, 15) is 14.7 Å². The van der Waals surface area contributed by atoms with Gasteiger partial charge in [-0.3, -0.25) is 14.2 Å². The maximum atomic E-state index is 12.7. The van der Waals surface area contributed by atoms with Crippen molar-refractivity contribution in [3.63, 3.8) is 0 Å². The van der Waals surface area contributed by atoms with Gasteiger partial charge in [0, 0.05) is 5.69 Å². The highest BCUT2D eigenvalue weighted by molar-refractivity contribution is 7.99. The van der Waals surface area contributed by atoms with Crippen LogP contribution in [0.25, 0.3) is 5.69 Å². The molecule has 1 aromatic heterocycles. The highest BCUT2D eigenvalue weighted by atomic mass is 32.2. The van der Waals surface area contributed by atoms with E-state index < -0.39 is 0 Å². The van der Waals surface area contributed by atoms with E-state index in [-0.39, 0.29) is 33.8 Å².